The second-order valence-corrected chi connectivity index (χ2v) is 8.02. The number of carbonyl (C=O) groups excluding carboxylic acids is 6. The molecule has 0 aliphatic carbocycles. The van der Waals surface area contributed by atoms with Gasteiger partial charge in [-0.15, -0.1) is 0 Å². The van der Waals surface area contributed by atoms with Crippen LogP contribution in [0.5, 0.6) is 0 Å². The summed E-state index contributed by atoms with van der Waals surface area (Å²) < 4.78 is 31.2. The van der Waals surface area contributed by atoms with Gasteiger partial charge < -0.3 is 33.7 Å². The zero-order chi connectivity index (χ0) is 26.2. The predicted octanol–water partition coefficient (Wildman–Crippen LogP) is -0.254. The minimum atomic E-state index is -2.24. The van der Waals surface area contributed by atoms with E-state index in [1.807, 2.05) is 0 Å². The van der Waals surface area contributed by atoms with Gasteiger partial charge in [-0.25, -0.2) is 4.79 Å². The summed E-state index contributed by atoms with van der Waals surface area (Å²) in [6, 6.07) is -1.24. The molecule has 1 heterocycles. The molecule has 0 aromatic heterocycles. The quantitative estimate of drug-likeness (QED) is 0.246. The van der Waals surface area contributed by atoms with E-state index >= 15 is 0 Å². The van der Waals surface area contributed by atoms with Crippen LogP contribution in [0.1, 0.15) is 41.0 Å². The van der Waals surface area contributed by atoms with Crippen molar-refractivity contribution in [2.45, 2.75) is 76.6 Å². The van der Waals surface area contributed by atoms with Crippen LogP contribution in [0.4, 0.5) is 0 Å². The number of hydrogen-bond donors (Lipinski definition) is 1. The molecule has 1 fully saturated rings. The molecule has 13 nitrogen and oxygen atoms in total. The molecular formula is C20H28ClNO12. The summed E-state index contributed by atoms with van der Waals surface area (Å²) in [5, 5.41) is 0.276. The maximum Gasteiger partial charge on any atom is 0.354 e. The van der Waals surface area contributed by atoms with Gasteiger partial charge in [-0.05, 0) is 0 Å². The Kier molecular flexibility index (Phi) is 10.7. The van der Waals surface area contributed by atoms with Crippen molar-refractivity contribution in [2.24, 2.45) is 0 Å². The van der Waals surface area contributed by atoms with Gasteiger partial charge in [0.05, 0.1) is 13.2 Å². The third-order valence-corrected chi connectivity index (χ3v) is 4.88. The van der Waals surface area contributed by atoms with Crippen LogP contribution in [0.25, 0.3) is 0 Å². The molecule has 1 unspecified atom stereocenters. The van der Waals surface area contributed by atoms with E-state index in [1.54, 1.807) is 0 Å². The second kappa shape index (κ2) is 12.5. The standard InChI is InChI=1S/C20H28ClNO12/c1-9(23)22-16-14(31-11(3)25)7-20(21,19(28)29-6)34-18(16)17(33-13(5)27)15(32-12(4)26)8-30-10(2)24/h14-18H,7-8H2,1-6H3,(H,22,23)/t14-,15-,16-,17-,18?,20+/m1/s1. The third-order valence-electron chi connectivity index (χ3n) is 4.48. The average Bonchev–Trinajstić information content (AvgIpc) is 2.69. The molecular weight excluding hydrogens is 482 g/mol. The van der Waals surface area contributed by atoms with Crippen LogP contribution in [0, 0.1) is 0 Å². The maximum absolute atomic E-state index is 12.4. The summed E-state index contributed by atoms with van der Waals surface area (Å²) >= 11 is 6.38. The van der Waals surface area contributed by atoms with Gasteiger partial charge in [0.1, 0.15) is 18.8 Å². The first-order chi connectivity index (χ1) is 15.7. The zero-order valence-corrected chi connectivity index (χ0v) is 20.3. The normalized spacial score (nSPS) is 25.7. The lowest BCUT2D eigenvalue weighted by Crippen LogP contribution is -2.67. The van der Waals surface area contributed by atoms with Crippen molar-refractivity contribution in [2.75, 3.05) is 13.7 Å². The Morgan fingerprint density at radius 2 is 1.56 bits per heavy atom. The topological polar surface area (TPSA) is 170 Å². The largest absolute Gasteiger partial charge is 0.466 e. The number of alkyl halides is 1. The highest BCUT2D eigenvalue weighted by atomic mass is 35.5. The van der Waals surface area contributed by atoms with E-state index in [4.69, 9.17) is 35.3 Å². The molecule has 0 aromatic rings. The van der Waals surface area contributed by atoms with E-state index in [2.05, 4.69) is 10.1 Å². The number of esters is 5. The molecule has 1 N–H and O–H groups in total. The summed E-state index contributed by atoms with van der Waals surface area (Å²) in [6.07, 6.45) is -6.29. The van der Waals surface area contributed by atoms with Crippen molar-refractivity contribution in [3.63, 3.8) is 0 Å². The smallest absolute Gasteiger partial charge is 0.354 e. The molecule has 34 heavy (non-hydrogen) atoms. The third kappa shape index (κ3) is 8.45. The van der Waals surface area contributed by atoms with Gasteiger partial charge >= 0.3 is 29.8 Å². The Balaban J connectivity index is 3.64. The molecule has 0 radical (unpaired) electrons. The minimum Gasteiger partial charge on any atom is -0.466 e. The highest BCUT2D eigenvalue weighted by molar-refractivity contribution is 6.32. The number of nitrogens with one attached hydrogen (secondary N) is 1. The van der Waals surface area contributed by atoms with Crippen LogP contribution < -0.4 is 5.32 Å². The number of rotatable bonds is 9. The number of carbonyl (C=O) groups is 6. The fourth-order valence-corrected chi connectivity index (χ4v) is 3.71. The van der Waals surface area contributed by atoms with Crippen LogP contribution in [0.3, 0.4) is 0 Å². The highest BCUT2D eigenvalue weighted by Gasteiger charge is 2.57. The lowest BCUT2D eigenvalue weighted by molar-refractivity contribution is -0.225. The lowest BCUT2D eigenvalue weighted by atomic mass is 9.89. The average molecular weight is 510 g/mol. The summed E-state index contributed by atoms with van der Waals surface area (Å²) in [6.45, 7) is 4.87. The monoisotopic (exact) mass is 509 g/mol. The van der Waals surface area contributed by atoms with Crippen molar-refractivity contribution >= 4 is 47.4 Å². The summed E-state index contributed by atoms with van der Waals surface area (Å²) in [4.78, 5) is 71.2. The molecule has 1 aliphatic rings. The Labute approximate surface area is 200 Å². The first-order valence-electron chi connectivity index (χ1n) is 10.1. The van der Waals surface area contributed by atoms with Crippen LogP contribution in [-0.4, -0.2) is 85.0 Å². The van der Waals surface area contributed by atoms with Gasteiger partial charge in [0.15, 0.2) is 12.2 Å². The van der Waals surface area contributed by atoms with Gasteiger partial charge in [-0.3, -0.25) is 24.0 Å². The summed E-state index contributed by atoms with van der Waals surface area (Å²) in [7, 11) is 1.04. The second-order valence-electron chi connectivity index (χ2n) is 7.41. The number of methoxy groups -OCH3 is 1. The SMILES string of the molecule is COC(=O)[C@]1(Cl)C[C@@H](OC(C)=O)[C@@H](NC(C)=O)C([C@H](OC(C)=O)[C@@H](COC(C)=O)OC(C)=O)O1. The Morgan fingerprint density at radius 3 is 2.00 bits per heavy atom. The fraction of sp³-hybridized carbons (Fsp3) is 0.700. The van der Waals surface area contributed by atoms with Crippen LogP contribution in [-0.2, 0) is 57.2 Å². The maximum atomic E-state index is 12.4. The lowest BCUT2D eigenvalue weighted by Gasteiger charge is -2.46. The molecule has 1 aliphatic heterocycles. The first kappa shape index (κ1) is 29.1. The van der Waals surface area contributed by atoms with E-state index in [-0.39, 0.29) is 0 Å². The van der Waals surface area contributed by atoms with E-state index in [9.17, 15) is 28.8 Å². The van der Waals surface area contributed by atoms with E-state index in [1.165, 1.54) is 0 Å². The van der Waals surface area contributed by atoms with Crippen molar-refractivity contribution in [1.82, 2.24) is 5.32 Å². The number of amides is 1. The van der Waals surface area contributed by atoms with E-state index in [0.717, 1.165) is 41.7 Å². The fourth-order valence-electron chi connectivity index (χ4n) is 3.38. The van der Waals surface area contributed by atoms with Crippen molar-refractivity contribution < 1.29 is 57.2 Å². The molecule has 1 amide bonds. The first-order valence-corrected chi connectivity index (χ1v) is 10.4. The molecule has 0 aromatic carbocycles. The summed E-state index contributed by atoms with van der Waals surface area (Å²) in [5.74, 6) is -4.87. The van der Waals surface area contributed by atoms with Gasteiger partial charge in [0.2, 0.25) is 11.0 Å². The minimum absolute atomic E-state index is 0.447. The van der Waals surface area contributed by atoms with Crippen molar-refractivity contribution in [3.05, 3.63) is 0 Å². The van der Waals surface area contributed by atoms with E-state index in [0.29, 0.717) is 0 Å². The molecule has 0 spiro atoms. The molecule has 14 heteroatoms. The van der Waals surface area contributed by atoms with Crippen molar-refractivity contribution in [3.8, 4) is 0 Å². The van der Waals surface area contributed by atoms with Gasteiger partial charge in [0, 0.05) is 41.0 Å². The van der Waals surface area contributed by atoms with Crippen molar-refractivity contribution in [1.29, 1.82) is 0 Å². The Morgan fingerprint density at radius 1 is 0.971 bits per heavy atom. The number of halogens is 1. The van der Waals surface area contributed by atoms with Crippen LogP contribution in [0.2, 0.25) is 0 Å². The predicted molar refractivity (Wildman–Crippen MR) is 111 cm³/mol. The summed E-state index contributed by atoms with van der Waals surface area (Å²) in [5.41, 5.74) is 0. The molecule has 6 atom stereocenters. The zero-order valence-electron chi connectivity index (χ0n) is 19.6. The Hall–Kier alpha value is -2.93. The van der Waals surface area contributed by atoms with Crippen LogP contribution in [0.15, 0.2) is 0 Å². The van der Waals surface area contributed by atoms with E-state index < -0.39 is 84.3 Å². The molecule has 1 saturated heterocycles. The number of hydrogen-bond acceptors (Lipinski definition) is 12. The van der Waals surface area contributed by atoms with Gasteiger partial charge in [-0.1, -0.05) is 11.6 Å². The van der Waals surface area contributed by atoms with Gasteiger partial charge in [0.25, 0.3) is 0 Å². The molecule has 0 saturated carbocycles. The molecule has 192 valence electrons. The highest BCUT2D eigenvalue weighted by Crippen LogP contribution is 2.38. The van der Waals surface area contributed by atoms with Crippen LogP contribution >= 0.6 is 11.6 Å². The molecule has 1 rings (SSSR count). The Bertz CT molecular complexity index is 817. The van der Waals surface area contributed by atoms with Gasteiger partial charge in [-0.2, -0.15) is 0 Å². The molecule has 0 bridgehead atoms. The number of ether oxygens (including phenoxy) is 6.